The van der Waals surface area contributed by atoms with Crippen molar-refractivity contribution in [2.24, 2.45) is 5.73 Å². The Morgan fingerprint density at radius 3 is 2.12 bits per heavy atom. The zero-order valence-electron chi connectivity index (χ0n) is 13.8. The molecule has 24 heavy (non-hydrogen) atoms. The van der Waals surface area contributed by atoms with Gasteiger partial charge in [0.1, 0.15) is 6.04 Å². The Labute approximate surface area is 142 Å². The molecule has 0 bridgehead atoms. The molecule has 0 aliphatic heterocycles. The standard InChI is InChI=1S/C18H22N2O3S/c1-3-13(2)14-9-11-16(12-10-14)24(22,23)20-17(18(19)21)15-7-5-4-6-8-15/h4-13,17,20H,3H2,1-2H3,(H2,19,21). The summed E-state index contributed by atoms with van der Waals surface area (Å²) in [4.78, 5) is 11.8. The van der Waals surface area contributed by atoms with Crippen molar-refractivity contribution in [3.8, 4) is 0 Å². The Kier molecular flexibility index (Phi) is 5.75. The fourth-order valence-electron chi connectivity index (χ4n) is 2.37. The highest BCUT2D eigenvalue weighted by Crippen LogP contribution is 2.22. The molecule has 0 saturated heterocycles. The number of benzene rings is 2. The number of amides is 1. The van der Waals surface area contributed by atoms with Crippen molar-refractivity contribution in [2.75, 3.05) is 0 Å². The zero-order valence-corrected chi connectivity index (χ0v) is 14.6. The minimum Gasteiger partial charge on any atom is -0.368 e. The van der Waals surface area contributed by atoms with Crippen LogP contribution < -0.4 is 10.5 Å². The topological polar surface area (TPSA) is 89.3 Å². The fourth-order valence-corrected chi connectivity index (χ4v) is 3.56. The largest absolute Gasteiger partial charge is 0.368 e. The van der Waals surface area contributed by atoms with Crippen molar-refractivity contribution in [1.82, 2.24) is 4.72 Å². The first-order valence-electron chi connectivity index (χ1n) is 7.81. The molecule has 6 heteroatoms. The Morgan fingerprint density at radius 2 is 1.62 bits per heavy atom. The second-order valence-corrected chi connectivity index (χ2v) is 7.46. The van der Waals surface area contributed by atoms with Gasteiger partial charge in [-0.2, -0.15) is 4.72 Å². The molecule has 2 atom stereocenters. The minimum atomic E-state index is -3.85. The maximum absolute atomic E-state index is 12.6. The molecule has 2 aromatic carbocycles. The zero-order chi connectivity index (χ0) is 17.7. The highest BCUT2D eigenvalue weighted by molar-refractivity contribution is 7.89. The van der Waals surface area contributed by atoms with Crippen molar-refractivity contribution < 1.29 is 13.2 Å². The molecule has 128 valence electrons. The van der Waals surface area contributed by atoms with E-state index in [4.69, 9.17) is 5.73 Å². The Hall–Kier alpha value is -2.18. The van der Waals surface area contributed by atoms with Crippen molar-refractivity contribution in [3.63, 3.8) is 0 Å². The van der Waals surface area contributed by atoms with Gasteiger partial charge in [0.05, 0.1) is 4.90 Å². The number of carbonyl (C=O) groups is 1. The normalized spacial score (nSPS) is 14.1. The van der Waals surface area contributed by atoms with Gasteiger partial charge in [0.2, 0.25) is 15.9 Å². The van der Waals surface area contributed by atoms with Crippen LogP contribution in [-0.4, -0.2) is 14.3 Å². The number of nitrogens with one attached hydrogen (secondary N) is 1. The average molecular weight is 346 g/mol. The number of hydrogen-bond acceptors (Lipinski definition) is 3. The van der Waals surface area contributed by atoms with Gasteiger partial charge in [-0.1, -0.05) is 56.3 Å². The molecule has 3 N–H and O–H groups in total. The summed E-state index contributed by atoms with van der Waals surface area (Å²) in [5.74, 6) is -0.390. The molecule has 0 aromatic heterocycles. The smallest absolute Gasteiger partial charge is 0.241 e. The van der Waals surface area contributed by atoms with Crippen molar-refractivity contribution >= 4 is 15.9 Å². The summed E-state index contributed by atoms with van der Waals surface area (Å²) in [5, 5.41) is 0. The maximum atomic E-state index is 12.6. The molecule has 0 saturated carbocycles. The monoisotopic (exact) mass is 346 g/mol. The summed E-state index contributed by atoms with van der Waals surface area (Å²) in [6.45, 7) is 4.16. The van der Waals surface area contributed by atoms with Gasteiger partial charge in [0.15, 0.2) is 0 Å². The number of carbonyl (C=O) groups excluding carboxylic acids is 1. The molecule has 0 aliphatic rings. The van der Waals surface area contributed by atoms with Crippen LogP contribution in [0.4, 0.5) is 0 Å². The predicted molar refractivity (Wildman–Crippen MR) is 93.8 cm³/mol. The molecule has 5 nitrogen and oxygen atoms in total. The van der Waals surface area contributed by atoms with E-state index in [-0.39, 0.29) is 4.90 Å². The first-order valence-corrected chi connectivity index (χ1v) is 9.30. The molecule has 0 heterocycles. The van der Waals surface area contributed by atoms with E-state index in [1.54, 1.807) is 54.6 Å². The molecule has 1 amide bonds. The molecular weight excluding hydrogens is 324 g/mol. The van der Waals surface area contributed by atoms with Crippen LogP contribution in [0.2, 0.25) is 0 Å². The van der Waals surface area contributed by atoms with E-state index in [2.05, 4.69) is 18.6 Å². The van der Waals surface area contributed by atoms with E-state index in [0.29, 0.717) is 11.5 Å². The summed E-state index contributed by atoms with van der Waals surface area (Å²) < 4.78 is 27.5. The molecule has 2 aromatic rings. The third-order valence-electron chi connectivity index (χ3n) is 4.06. The van der Waals surface area contributed by atoms with Gasteiger partial charge in [0, 0.05) is 0 Å². The van der Waals surface area contributed by atoms with Gasteiger partial charge in [-0.25, -0.2) is 8.42 Å². The number of sulfonamides is 1. The van der Waals surface area contributed by atoms with Crippen LogP contribution in [0.15, 0.2) is 59.5 Å². The van der Waals surface area contributed by atoms with Crippen LogP contribution in [-0.2, 0) is 14.8 Å². The van der Waals surface area contributed by atoms with Crippen molar-refractivity contribution in [2.45, 2.75) is 37.1 Å². The molecule has 0 aliphatic carbocycles. The summed E-state index contributed by atoms with van der Waals surface area (Å²) in [5.41, 5.74) is 6.95. The number of primary amides is 1. The van der Waals surface area contributed by atoms with E-state index in [1.165, 1.54) is 0 Å². The Bertz CT molecular complexity index is 787. The average Bonchev–Trinajstić information content (AvgIpc) is 2.59. The Morgan fingerprint density at radius 1 is 1.04 bits per heavy atom. The minimum absolute atomic E-state index is 0.108. The van der Waals surface area contributed by atoms with Crippen LogP contribution in [0.5, 0.6) is 0 Å². The number of nitrogens with two attached hydrogens (primary N) is 1. The Balaban J connectivity index is 2.27. The molecule has 0 radical (unpaired) electrons. The fraction of sp³-hybridized carbons (Fsp3) is 0.278. The number of rotatable bonds is 7. The van der Waals surface area contributed by atoms with E-state index >= 15 is 0 Å². The molecule has 2 unspecified atom stereocenters. The molecule has 0 fully saturated rings. The molecule has 2 rings (SSSR count). The quantitative estimate of drug-likeness (QED) is 0.808. The van der Waals surface area contributed by atoms with Gasteiger partial charge in [-0.15, -0.1) is 0 Å². The lowest BCUT2D eigenvalue weighted by atomic mass is 9.99. The summed E-state index contributed by atoms with van der Waals surface area (Å²) in [6, 6.07) is 14.1. The van der Waals surface area contributed by atoms with Crippen molar-refractivity contribution in [1.29, 1.82) is 0 Å². The van der Waals surface area contributed by atoms with Gasteiger partial charge in [0.25, 0.3) is 0 Å². The third-order valence-corrected chi connectivity index (χ3v) is 5.50. The van der Waals surface area contributed by atoms with Gasteiger partial charge in [-0.05, 0) is 35.6 Å². The second-order valence-electron chi connectivity index (χ2n) is 5.75. The highest BCUT2D eigenvalue weighted by atomic mass is 32.2. The lowest BCUT2D eigenvalue weighted by Crippen LogP contribution is -2.37. The third kappa shape index (κ3) is 4.21. The van der Waals surface area contributed by atoms with Gasteiger partial charge >= 0.3 is 0 Å². The lowest BCUT2D eigenvalue weighted by molar-refractivity contribution is -0.119. The van der Waals surface area contributed by atoms with Crippen molar-refractivity contribution in [3.05, 3.63) is 65.7 Å². The molecule has 0 spiro atoms. The summed E-state index contributed by atoms with van der Waals surface area (Å²) in [6.07, 6.45) is 0.974. The van der Waals surface area contributed by atoms with E-state index < -0.39 is 22.0 Å². The van der Waals surface area contributed by atoms with Crippen LogP contribution in [0.1, 0.15) is 43.4 Å². The summed E-state index contributed by atoms with van der Waals surface area (Å²) >= 11 is 0. The summed E-state index contributed by atoms with van der Waals surface area (Å²) in [7, 11) is -3.85. The first-order chi connectivity index (χ1) is 11.3. The predicted octanol–water partition coefficient (Wildman–Crippen LogP) is 2.71. The second kappa shape index (κ2) is 7.59. The van der Waals surface area contributed by atoms with Gasteiger partial charge < -0.3 is 5.73 Å². The van der Waals surface area contributed by atoms with E-state index in [9.17, 15) is 13.2 Å². The lowest BCUT2D eigenvalue weighted by Gasteiger charge is -2.16. The van der Waals surface area contributed by atoms with Crippen LogP contribution in [0.25, 0.3) is 0 Å². The molecular formula is C18H22N2O3S. The van der Waals surface area contributed by atoms with Crippen LogP contribution in [0, 0.1) is 0 Å². The van der Waals surface area contributed by atoms with Gasteiger partial charge in [-0.3, -0.25) is 4.79 Å². The SMILES string of the molecule is CCC(C)c1ccc(S(=O)(=O)NC(C(N)=O)c2ccccc2)cc1. The van der Waals surface area contributed by atoms with E-state index in [0.717, 1.165) is 12.0 Å². The maximum Gasteiger partial charge on any atom is 0.241 e. The van der Waals surface area contributed by atoms with Crippen LogP contribution in [0.3, 0.4) is 0 Å². The first kappa shape index (κ1) is 18.2. The van der Waals surface area contributed by atoms with E-state index in [1.807, 2.05) is 0 Å². The van der Waals surface area contributed by atoms with Crippen LogP contribution >= 0.6 is 0 Å². The number of hydrogen-bond donors (Lipinski definition) is 2. The highest BCUT2D eigenvalue weighted by Gasteiger charge is 2.25.